The number of hydrogen-bond acceptors (Lipinski definition) is 3. The second-order valence-corrected chi connectivity index (χ2v) is 6.68. The third-order valence-corrected chi connectivity index (χ3v) is 4.32. The molecular formula is C21H28ClNO2. The van der Waals surface area contributed by atoms with Crippen LogP contribution in [0.3, 0.4) is 0 Å². The smallest absolute Gasteiger partial charge is 0.180 e. The van der Waals surface area contributed by atoms with E-state index in [-0.39, 0.29) is 0 Å². The highest BCUT2D eigenvalue weighted by Crippen LogP contribution is 2.37. The SMILES string of the molecule is CCCCCNCc1cc(Cl)c(OCc2cccc(C)c2)c(OC)c1. The molecule has 0 unspecified atom stereocenters. The Labute approximate surface area is 156 Å². The van der Waals surface area contributed by atoms with Crippen LogP contribution in [0, 0.1) is 6.92 Å². The highest BCUT2D eigenvalue weighted by Gasteiger charge is 2.12. The second kappa shape index (κ2) is 10.3. The largest absolute Gasteiger partial charge is 0.493 e. The summed E-state index contributed by atoms with van der Waals surface area (Å²) < 4.78 is 11.4. The molecule has 0 aliphatic rings. The maximum Gasteiger partial charge on any atom is 0.180 e. The predicted molar refractivity (Wildman–Crippen MR) is 105 cm³/mol. The first-order valence-corrected chi connectivity index (χ1v) is 9.27. The molecule has 2 aromatic rings. The molecule has 0 aromatic heterocycles. The van der Waals surface area contributed by atoms with E-state index in [4.69, 9.17) is 21.1 Å². The van der Waals surface area contributed by atoms with Crippen LogP contribution in [0.2, 0.25) is 5.02 Å². The van der Waals surface area contributed by atoms with Crippen molar-refractivity contribution in [1.82, 2.24) is 5.32 Å². The molecule has 25 heavy (non-hydrogen) atoms. The highest BCUT2D eigenvalue weighted by molar-refractivity contribution is 6.32. The number of aryl methyl sites for hydroxylation is 1. The lowest BCUT2D eigenvalue weighted by Crippen LogP contribution is -2.14. The monoisotopic (exact) mass is 361 g/mol. The van der Waals surface area contributed by atoms with Crippen molar-refractivity contribution in [3.05, 3.63) is 58.1 Å². The van der Waals surface area contributed by atoms with Crippen LogP contribution >= 0.6 is 11.6 Å². The maximum absolute atomic E-state index is 6.44. The maximum atomic E-state index is 6.44. The molecule has 0 spiro atoms. The van der Waals surface area contributed by atoms with Gasteiger partial charge in [-0.3, -0.25) is 0 Å². The molecule has 0 bridgehead atoms. The summed E-state index contributed by atoms with van der Waals surface area (Å²) in [6.07, 6.45) is 3.68. The summed E-state index contributed by atoms with van der Waals surface area (Å²) in [5.41, 5.74) is 3.42. The minimum Gasteiger partial charge on any atom is -0.493 e. The van der Waals surface area contributed by atoms with Crippen LogP contribution in [-0.2, 0) is 13.2 Å². The van der Waals surface area contributed by atoms with Crippen molar-refractivity contribution < 1.29 is 9.47 Å². The van der Waals surface area contributed by atoms with Gasteiger partial charge in [-0.1, -0.05) is 61.2 Å². The molecule has 0 atom stereocenters. The Morgan fingerprint density at radius 3 is 2.64 bits per heavy atom. The van der Waals surface area contributed by atoms with Gasteiger partial charge in [0.1, 0.15) is 6.61 Å². The first-order valence-electron chi connectivity index (χ1n) is 8.89. The van der Waals surface area contributed by atoms with E-state index in [1.54, 1.807) is 7.11 Å². The quantitative estimate of drug-likeness (QED) is 0.565. The molecule has 0 heterocycles. The van der Waals surface area contributed by atoms with E-state index in [1.165, 1.54) is 24.8 Å². The van der Waals surface area contributed by atoms with E-state index in [0.29, 0.717) is 23.1 Å². The number of methoxy groups -OCH3 is 1. The molecule has 0 radical (unpaired) electrons. The van der Waals surface area contributed by atoms with Gasteiger partial charge in [0, 0.05) is 6.54 Å². The summed E-state index contributed by atoms with van der Waals surface area (Å²) in [6.45, 7) is 6.53. The zero-order valence-electron chi connectivity index (χ0n) is 15.4. The van der Waals surface area contributed by atoms with Gasteiger partial charge in [-0.25, -0.2) is 0 Å². The Bertz CT molecular complexity index is 673. The molecule has 0 aliphatic heterocycles. The lowest BCUT2D eigenvalue weighted by Gasteiger charge is -2.15. The van der Waals surface area contributed by atoms with Gasteiger partial charge in [0.05, 0.1) is 12.1 Å². The van der Waals surface area contributed by atoms with E-state index in [9.17, 15) is 0 Å². The van der Waals surface area contributed by atoms with Crippen LogP contribution in [0.1, 0.15) is 42.9 Å². The van der Waals surface area contributed by atoms with Gasteiger partial charge in [-0.2, -0.15) is 0 Å². The van der Waals surface area contributed by atoms with Crippen molar-refractivity contribution in [3.8, 4) is 11.5 Å². The third kappa shape index (κ3) is 6.26. The van der Waals surface area contributed by atoms with Gasteiger partial charge in [0.25, 0.3) is 0 Å². The number of unbranched alkanes of at least 4 members (excludes halogenated alkanes) is 2. The van der Waals surface area contributed by atoms with Crippen LogP contribution in [0.15, 0.2) is 36.4 Å². The molecule has 2 rings (SSSR count). The van der Waals surface area contributed by atoms with Gasteiger partial charge in [0.2, 0.25) is 0 Å². The third-order valence-electron chi connectivity index (χ3n) is 4.04. The summed E-state index contributed by atoms with van der Waals surface area (Å²) in [4.78, 5) is 0. The summed E-state index contributed by atoms with van der Waals surface area (Å²) in [5.74, 6) is 1.27. The molecule has 136 valence electrons. The minimum atomic E-state index is 0.465. The molecule has 4 heteroatoms. The van der Waals surface area contributed by atoms with E-state index in [1.807, 2.05) is 24.3 Å². The van der Waals surface area contributed by atoms with E-state index < -0.39 is 0 Å². The van der Waals surface area contributed by atoms with Crippen molar-refractivity contribution in [2.45, 2.75) is 46.3 Å². The van der Waals surface area contributed by atoms with Crippen LogP contribution in [0.25, 0.3) is 0 Å². The van der Waals surface area contributed by atoms with Gasteiger partial charge >= 0.3 is 0 Å². The topological polar surface area (TPSA) is 30.5 Å². The normalized spacial score (nSPS) is 10.7. The lowest BCUT2D eigenvalue weighted by atomic mass is 10.1. The Hall–Kier alpha value is -1.71. The molecule has 0 aliphatic carbocycles. The predicted octanol–water partition coefficient (Wildman–Crippen LogP) is 5.52. The lowest BCUT2D eigenvalue weighted by molar-refractivity contribution is 0.284. The van der Waals surface area contributed by atoms with Gasteiger partial charge < -0.3 is 14.8 Å². The van der Waals surface area contributed by atoms with Crippen molar-refractivity contribution >= 4 is 11.6 Å². The number of rotatable bonds is 10. The fraction of sp³-hybridized carbons (Fsp3) is 0.429. The highest BCUT2D eigenvalue weighted by atomic mass is 35.5. The number of halogens is 1. The second-order valence-electron chi connectivity index (χ2n) is 6.27. The van der Waals surface area contributed by atoms with Gasteiger partial charge in [-0.15, -0.1) is 0 Å². The van der Waals surface area contributed by atoms with Crippen LogP contribution in [0.5, 0.6) is 11.5 Å². The first kappa shape index (κ1) is 19.6. The zero-order valence-corrected chi connectivity index (χ0v) is 16.2. The summed E-state index contributed by atoms with van der Waals surface area (Å²) in [5, 5.41) is 4.02. The van der Waals surface area contributed by atoms with E-state index >= 15 is 0 Å². The summed E-state index contributed by atoms with van der Waals surface area (Å²) >= 11 is 6.44. The van der Waals surface area contributed by atoms with Crippen molar-refractivity contribution in [3.63, 3.8) is 0 Å². The average Bonchev–Trinajstić information content (AvgIpc) is 2.60. The van der Waals surface area contributed by atoms with E-state index in [0.717, 1.165) is 24.2 Å². The molecule has 0 fully saturated rings. The first-order chi connectivity index (χ1) is 12.1. The Morgan fingerprint density at radius 2 is 1.92 bits per heavy atom. The van der Waals surface area contributed by atoms with Crippen LogP contribution in [0.4, 0.5) is 0 Å². The van der Waals surface area contributed by atoms with Crippen molar-refractivity contribution in [2.24, 2.45) is 0 Å². The molecular weight excluding hydrogens is 334 g/mol. The van der Waals surface area contributed by atoms with Crippen molar-refractivity contribution in [2.75, 3.05) is 13.7 Å². The Kier molecular flexibility index (Phi) is 8.10. The van der Waals surface area contributed by atoms with E-state index in [2.05, 4.69) is 31.3 Å². The summed E-state index contributed by atoms with van der Waals surface area (Å²) in [7, 11) is 1.64. The fourth-order valence-corrected chi connectivity index (χ4v) is 2.99. The number of hydrogen-bond donors (Lipinski definition) is 1. The van der Waals surface area contributed by atoms with Gasteiger partial charge in [-0.05, 0) is 43.1 Å². The molecule has 0 saturated heterocycles. The summed E-state index contributed by atoms with van der Waals surface area (Å²) in [6, 6.07) is 12.2. The number of nitrogens with one attached hydrogen (secondary N) is 1. The molecule has 1 N–H and O–H groups in total. The Morgan fingerprint density at radius 1 is 1.08 bits per heavy atom. The zero-order chi connectivity index (χ0) is 18.1. The molecule has 0 saturated carbocycles. The molecule has 2 aromatic carbocycles. The number of benzene rings is 2. The fourth-order valence-electron chi connectivity index (χ4n) is 2.71. The van der Waals surface area contributed by atoms with Crippen LogP contribution < -0.4 is 14.8 Å². The standard InChI is InChI=1S/C21H28ClNO2/c1-4-5-6-10-23-14-18-12-19(22)21(20(13-18)24-3)25-15-17-9-7-8-16(2)11-17/h7-9,11-13,23H,4-6,10,14-15H2,1-3H3. The van der Waals surface area contributed by atoms with Gasteiger partial charge in [0.15, 0.2) is 11.5 Å². The van der Waals surface area contributed by atoms with Crippen molar-refractivity contribution in [1.29, 1.82) is 0 Å². The minimum absolute atomic E-state index is 0.465. The van der Waals surface area contributed by atoms with Crippen LogP contribution in [-0.4, -0.2) is 13.7 Å². The number of ether oxygens (including phenoxy) is 2. The average molecular weight is 362 g/mol. The Balaban J connectivity index is 2.00. The molecule has 3 nitrogen and oxygen atoms in total. The molecule has 0 amide bonds.